The molecule has 18 heavy (non-hydrogen) atoms. The lowest BCUT2D eigenvalue weighted by Crippen LogP contribution is -2.07. The van der Waals surface area contributed by atoms with Crippen LogP contribution in [0.5, 0.6) is 5.75 Å². The van der Waals surface area contributed by atoms with E-state index in [4.69, 9.17) is 11.6 Å². The Hall–Kier alpha value is -1.78. The fourth-order valence-corrected chi connectivity index (χ4v) is 2.13. The smallest absolute Gasteiger partial charge is 0.248 e. The lowest BCUT2D eigenvalue weighted by molar-refractivity contribution is -0.111. The minimum atomic E-state index is -0.321. The van der Waals surface area contributed by atoms with Crippen LogP contribution in [0, 0.1) is 0 Å². The van der Waals surface area contributed by atoms with Crippen molar-refractivity contribution in [3.05, 3.63) is 51.7 Å². The number of hydrogen-bond acceptors (Lipinski definition) is 3. The second-order valence-electron chi connectivity index (χ2n) is 3.54. The maximum atomic E-state index is 11.6. The zero-order valence-corrected chi connectivity index (χ0v) is 10.8. The first kappa shape index (κ1) is 12.7. The first-order chi connectivity index (χ1) is 8.65. The molecule has 92 valence electrons. The maximum absolute atomic E-state index is 11.6. The fourth-order valence-electron chi connectivity index (χ4n) is 1.32. The Bertz CT molecular complexity index is 579. The van der Waals surface area contributed by atoms with Gasteiger partial charge in [0.2, 0.25) is 5.91 Å². The third-order valence-electron chi connectivity index (χ3n) is 2.19. The van der Waals surface area contributed by atoms with Crippen LogP contribution >= 0.6 is 22.9 Å². The van der Waals surface area contributed by atoms with Crippen molar-refractivity contribution in [2.45, 2.75) is 0 Å². The predicted molar refractivity (Wildman–Crippen MR) is 75.1 cm³/mol. The Balaban J connectivity index is 2.05. The summed E-state index contributed by atoms with van der Waals surface area (Å²) in [7, 11) is 0. The molecular weight excluding hydrogens is 270 g/mol. The summed E-state index contributed by atoms with van der Waals surface area (Å²) in [4.78, 5) is 11.6. The predicted octanol–water partition coefficient (Wildman–Crippen LogP) is 3.76. The SMILES string of the molecule is O=C(/C=C/c1ccsc1)Nc1cc(Cl)ccc1O. The molecule has 0 aliphatic carbocycles. The highest BCUT2D eigenvalue weighted by molar-refractivity contribution is 7.08. The molecule has 2 aromatic rings. The number of anilines is 1. The molecule has 1 aromatic carbocycles. The van der Waals surface area contributed by atoms with Crippen molar-refractivity contribution in [3.63, 3.8) is 0 Å². The van der Waals surface area contributed by atoms with Crippen molar-refractivity contribution < 1.29 is 9.90 Å². The lowest BCUT2D eigenvalue weighted by atomic mass is 10.2. The number of aromatic hydroxyl groups is 1. The van der Waals surface area contributed by atoms with E-state index in [2.05, 4.69) is 5.32 Å². The van der Waals surface area contributed by atoms with Crippen LogP contribution in [-0.4, -0.2) is 11.0 Å². The molecule has 0 saturated heterocycles. The van der Waals surface area contributed by atoms with E-state index in [0.717, 1.165) is 5.56 Å². The Labute approximate surface area is 113 Å². The minimum absolute atomic E-state index is 0.0170. The molecule has 0 radical (unpaired) electrons. The molecule has 0 saturated carbocycles. The van der Waals surface area contributed by atoms with Gasteiger partial charge in [0.05, 0.1) is 5.69 Å². The summed E-state index contributed by atoms with van der Waals surface area (Å²) in [6, 6.07) is 6.38. The van der Waals surface area contributed by atoms with Crippen LogP contribution in [0.3, 0.4) is 0 Å². The van der Waals surface area contributed by atoms with Crippen LogP contribution < -0.4 is 5.32 Å². The number of benzene rings is 1. The van der Waals surface area contributed by atoms with Gasteiger partial charge in [0.1, 0.15) is 5.75 Å². The van der Waals surface area contributed by atoms with Crippen LogP contribution in [0.4, 0.5) is 5.69 Å². The molecule has 5 heteroatoms. The highest BCUT2D eigenvalue weighted by atomic mass is 35.5. The lowest BCUT2D eigenvalue weighted by Gasteiger charge is -2.05. The second kappa shape index (κ2) is 5.71. The largest absolute Gasteiger partial charge is 0.506 e. The molecular formula is C13H10ClNO2S. The number of rotatable bonds is 3. The maximum Gasteiger partial charge on any atom is 0.248 e. The first-order valence-electron chi connectivity index (χ1n) is 5.15. The van der Waals surface area contributed by atoms with Gasteiger partial charge in [-0.15, -0.1) is 0 Å². The molecule has 0 spiro atoms. The van der Waals surface area contributed by atoms with E-state index in [1.165, 1.54) is 18.2 Å². The van der Waals surface area contributed by atoms with Crippen LogP contribution in [0.15, 0.2) is 41.1 Å². The molecule has 0 fully saturated rings. The van der Waals surface area contributed by atoms with Gasteiger partial charge in [-0.1, -0.05) is 11.6 Å². The van der Waals surface area contributed by atoms with Crippen LogP contribution in [0.25, 0.3) is 6.08 Å². The van der Waals surface area contributed by atoms with Crippen molar-refractivity contribution in [1.82, 2.24) is 0 Å². The van der Waals surface area contributed by atoms with E-state index in [9.17, 15) is 9.90 Å². The van der Waals surface area contributed by atoms with E-state index in [1.807, 2.05) is 16.8 Å². The van der Waals surface area contributed by atoms with Crippen molar-refractivity contribution in [3.8, 4) is 5.75 Å². The van der Waals surface area contributed by atoms with Gasteiger partial charge in [-0.25, -0.2) is 0 Å². The average molecular weight is 280 g/mol. The summed E-state index contributed by atoms with van der Waals surface area (Å²) in [6.45, 7) is 0. The molecule has 0 bridgehead atoms. The molecule has 0 aliphatic heterocycles. The summed E-state index contributed by atoms with van der Waals surface area (Å²) in [5.74, 6) is -0.338. The Morgan fingerprint density at radius 1 is 1.39 bits per heavy atom. The number of phenolic OH excluding ortho intramolecular Hbond substituents is 1. The standard InChI is InChI=1S/C13H10ClNO2S/c14-10-2-3-12(16)11(7-10)15-13(17)4-1-9-5-6-18-8-9/h1-8,16H,(H,15,17)/b4-1+. The van der Waals surface area contributed by atoms with E-state index in [1.54, 1.807) is 23.5 Å². The number of carbonyl (C=O) groups excluding carboxylic acids is 1. The van der Waals surface area contributed by atoms with E-state index >= 15 is 0 Å². The first-order valence-corrected chi connectivity index (χ1v) is 6.47. The molecule has 1 amide bonds. The zero-order valence-electron chi connectivity index (χ0n) is 9.26. The molecule has 0 atom stereocenters. The number of amides is 1. The Kier molecular flexibility index (Phi) is 4.02. The third kappa shape index (κ3) is 3.35. The highest BCUT2D eigenvalue weighted by Crippen LogP contribution is 2.26. The van der Waals surface area contributed by atoms with Crippen molar-refractivity contribution in [2.24, 2.45) is 0 Å². The second-order valence-corrected chi connectivity index (χ2v) is 4.76. The van der Waals surface area contributed by atoms with Crippen LogP contribution in [0.1, 0.15) is 5.56 Å². The van der Waals surface area contributed by atoms with Gasteiger partial charge in [-0.05, 0) is 46.7 Å². The molecule has 0 aliphatic rings. The van der Waals surface area contributed by atoms with Crippen LogP contribution in [0.2, 0.25) is 5.02 Å². The Morgan fingerprint density at radius 3 is 2.94 bits per heavy atom. The van der Waals surface area contributed by atoms with Gasteiger partial charge in [0.25, 0.3) is 0 Å². The van der Waals surface area contributed by atoms with E-state index in [0.29, 0.717) is 10.7 Å². The van der Waals surface area contributed by atoms with Crippen LogP contribution in [-0.2, 0) is 4.79 Å². The summed E-state index contributed by atoms with van der Waals surface area (Å²) in [6.07, 6.45) is 3.11. The third-order valence-corrected chi connectivity index (χ3v) is 3.12. The van der Waals surface area contributed by atoms with Gasteiger partial charge in [-0.3, -0.25) is 4.79 Å². The van der Waals surface area contributed by atoms with Crippen molar-refractivity contribution in [2.75, 3.05) is 5.32 Å². The topological polar surface area (TPSA) is 49.3 Å². The summed E-state index contributed by atoms with van der Waals surface area (Å²) in [5.41, 5.74) is 1.26. The van der Waals surface area contributed by atoms with Gasteiger partial charge in [0, 0.05) is 11.1 Å². The number of carbonyl (C=O) groups is 1. The number of thiophene rings is 1. The molecule has 1 aromatic heterocycles. The number of hydrogen-bond donors (Lipinski definition) is 2. The van der Waals surface area contributed by atoms with Gasteiger partial charge < -0.3 is 10.4 Å². The van der Waals surface area contributed by atoms with Crippen molar-refractivity contribution >= 4 is 40.6 Å². The normalized spacial score (nSPS) is 10.7. The summed E-state index contributed by atoms with van der Waals surface area (Å²) < 4.78 is 0. The fraction of sp³-hybridized carbons (Fsp3) is 0. The van der Waals surface area contributed by atoms with E-state index < -0.39 is 0 Å². The zero-order chi connectivity index (χ0) is 13.0. The average Bonchev–Trinajstić information content (AvgIpc) is 2.84. The molecule has 1 heterocycles. The summed E-state index contributed by atoms with van der Waals surface area (Å²) in [5, 5.41) is 16.4. The van der Waals surface area contributed by atoms with Gasteiger partial charge >= 0.3 is 0 Å². The minimum Gasteiger partial charge on any atom is -0.506 e. The summed E-state index contributed by atoms with van der Waals surface area (Å²) >= 11 is 7.34. The molecule has 2 rings (SSSR count). The number of nitrogens with one attached hydrogen (secondary N) is 1. The van der Waals surface area contributed by atoms with Gasteiger partial charge in [-0.2, -0.15) is 11.3 Å². The molecule has 2 N–H and O–H groups in total. The number of phenols is 1. The monoisotopic (exact) mass is 279 g/mol. The van der Waals surface area contributed by atoms with E-state index in [-0.39, 0.29) is 11.7 Å². The number of halogens is 1. The molecule has 0 unspecified atom stereocenters. The van der Waals surface area contributed by atoms with Gasteiger partial charge in [0.15, 0.2) is 0 Å². The Morgan fingerprint density at radius 2 is 2.22 bits per heavy atom. The van der Waals surface area contributed by atoms with Crippen molar-refractivity contribution in [1.29, 1.82) is 0 Å². The quantitative estimate of drug-likeness (QED) is 0.664. The molecule has 3 nitrogen and oxygen atoms in total. The highest BCUT2D eigenvalue weighted by Gasteiger charge is 2.04.